The summed E-state index contributed by atoms with van der Waals surface area (Å²) >= 11 is 0. The Morgan fingerprint density at radius 2 is 1.91 bits per heavy atom. The van der Waals surface area contributed by atoms with Crippen molar-refractivity contribution >= 4 is 23.3 Å². The number of urea groups is 1. The third-order valence-corrected chi connectivity index (χ3v) is 6.31. The van der Waals surface area contributed by atoms with Crippen LogP contribution in [0.2, 0.25) is 0 Å². The van der Waals surface area contributed by atoms with Crippen molar-refractivity contribution in [3.05, 3.63) is 48.0 Å². The molecule has 1 aliphatic rings. The first-order valence-electron chi connectivity index (χ1n) is 11.7. The number of anilines is 2. The fraction of sp³-hybridized carbons (Fsp3) is 0.462. The molecule has 0 unspecified atom stereocenters. The number of hydrogen-bond acceptors (Lipinski definition) is 6. The summed E-state index contributed by atoms with van der Waals surface area (Å²) in [5.74, 6) is 0.906. The number of rotatable bonds is 7. The van der Waals surface area contributed by atoms with E-state index in [9.17, 15) is 14.7 Å². The molecule has 2 N–H and O–H groups in total. The summed E-state index contributed by atoms with van der Waals surface area (Å²) < 4.78 is 11.5. The molecule has 3 rings (SSSR count). The highest BCUT2D eigenvalue weighted by Gasteiger charge is 2.34. The minimum absolute atomic E-state index is 0.0918. The van der Waals surface area contributed by atoms with Crippen LogP contribution in [0.4, 0.5) is 16.2 Å². The molecule has 0 saturated carbocycles. The second-order valence-corrected chi connectivity index (χ2v) is 9.24. The predicted molar refractivity (Wildman–Crippen MR) is 137 cm³/mol. The second-order valence-electron chi connectivity index (χ2n) is 9.24. The van der Waals surface area contributed by atoms with Crippen LogP contribution in [0.1, 0.15) is 24.2 Å². The van der Waals surface area contributed by atoms with Crippen LogP contribution in [0.15, 0.2) is 42.5 Å². The molecule has 35 heavy (non-hydrogen) atoms. The van der Waals surface area contributed by atoms with E-state index < -0.39 is 0 Å². The maximum Gasteiger partial charge on any atom is 0.321 e. The molecule has 0 spiro atoms. The van der Waals surface area contributed by atoms with Gasteiger partial charge in [-0.05, 0) is 49.4 Å². The molecule has 0 aliphatic carbocycles. The average molecular weight is 485 g/mol. The molecule has 9 nitrogen and oxygen atoms in total. The normalized spacial score (nSPS) is 18.5. The van der Waals surface area contributed by atoms with Crippen LogP contribution in [-0.4, -0.2) is 86.9 Å². The summed E-state index contributed by atoms with van der Waals surface area (Å²) in [6, 6.07) is 12.0. The largest absolute Gasteiger partial charge is 0.497 e. The smallest absolute Gasteiger partial charge is 0.321 e. The SMILES string of the molecule is COc1ccc(NC(=O)N(C)C[C@H]2Oc3ccc(N(C)C)cc3C(=O)N([C@H](C)CO)C[C@@H]2C)cc1. The Morgan fingerprint density at radius 1 is 1.23 bits per heavy atom. The number of fused-ring (bicyclic) bond motifs is 1. The highest BCUT2D eigenvalue weighted by molar-refractivity contribution is 5.98. The molecule has 1 heterocycles. The highest BCUT2D eigenvalue weighted by Crippen LogP contribution is 2.31. The Morgan fingerprint density at radius 3 is 2.51 bits per heavy atom. The van der Waals surface area contributed by atoms with Crippen molar-refractivity contribution in [3.63, 3.8) is 0 Å². The van der Waals surface area contributed by atoms with E-state index in [0.717, 1.165) is 5.69 Å². The summed E-state index contributed by atoms with van der Waals surface area (Å²) in [5.41, 5.74) is 1.97. The zero-order chi connectivity index (χ0) is 25.7. The summed E-state index contributed by atoms with van der Waals surface area (Å²) in [4.78, 5) is 31.5. The molecule has 3 amide bonds. The van der Waals surface area contributed by atoms with E-state index in [1.54, 1.807) is 54.3 Å². The van der Waals surface area contributed by atoms with Gasteiger partial charge in [0.2, 0.25) is 0 Å². The Kier molecular flexibility index (Phi) is 8.45. The quantitative estimate of drug-likeness (QED) is 0.627. The summed E-state index contributed by atoms with van der Waals surface area (Å²) in [6.07, 6.45) is -0.368. The Hall–Kier alpha value is -3.46. The Bertz CT molecular complexity index is 1030. The van der Waals surface area contributed by atoms with E-state index in [1.807, 2.05) is 45.0 Å². The summed E-state index contributed by atoms with van der Waals surface area (Å²) in [7, 11) is 7.12. The van der Waals surface area contributed by atoms with E-state index in [2.05, 4.69) is 5.32 Å². The van der Waals surface area contributed by atoms with Gasteiger partial charge in [-0.1, -0.05) is 6.92 Å². The topological polar surface area (TPSA) is 94.6 Å². The van der Waals surface area contributed by atoms with Crippen molar-refractivity contribution in [1.29, 1.82) is 0 Å². The molecule has 0 saturated heterocycles. The van der Waals surface area contributed by atoms with Gasteiger partial charge in [-0.15, -0.1) is 0 Å². The van der Waals surface area contributed by atoms with Crippen LogP contribution in [0.25, 0.3) is 0 Å². The maximum absolute atomic E-state index is 13.4. The number of ether oxygens (including phenoxy) is 2. The first kappa shape index (κ1) is 26.2. The standard InChI is InChI=1S/C26H36N4O5/c1-17-14-30(18(2)16-31)25(32)22-13-20(28(3)4)9-12-23(22)35-24(17)15-29(5)26(33)27-19-7-10-21(34-6)11-8-19/h7-13,17-18,24,31H,14-16H2,1-6H3,(H,27,33)/t17-,18+,24+/m0/s1. The predicted octanol–water partition coefficient (Wildman–Crippen LogP) is 3.15. The zero-order valence-electron chi connectivity index (χ0n) is 21.3. The van der Waals surface area contributed by atoms with Crippen molar-refractivity contribution in [2.75, 3.05) is 58.2 Å². The molecule has 2 aromatic rings. The molecule has 190 valence electrons. The van der Waals surface area contributed by atoms with Gasteiger partial charge in [-0.3, -0.25) is 4.79 Å². The molecule has 0 aromatic heterocycles. The van der Waals surface area contributed by atoms with Gasteiger partial charge >= 0.3 is 6.03 Å². The van der Waals surface area contributed by atoms with Crippen molar-refractivity contribution in [1.82, 2.24) is 9.80 Å². The second kappa shape index (κ2) is 11.3. The van der Waals surface area contributed by atoms with E-state index in [4.69, 9.17) is 9.47 Å². The molecule has 1 aliphatic heterocycles. The van der Waals surface area contributed by atoms with Gasteiger partial charge in [0.05, 0.1) is 31.9 Å². The van der Waals surface area contributed by atoms with Crippen LogP contribution in [-0.2, 0) is 0 Å². The number of aliphatic hydroxyl groups excluding tert-OH is 1. The number of carbonyl (C=O) groups is 2. The van der Waals surface area contributed by atoms with Crippen molar-refractivity contribution in [3.8, 4) is 11.5 Å². The third-order valence-electron chi connectivity index (χ3n) is 6.31. The fourth-order valence-electron chi connectivity index (χ4n) is 3.95. The molecular formula is C26H36N4O5. The van der Waals surface area contributed by atoms with Gasteiger partial charge in [0.15, 0.2) is 0 Å². The van der Waals surface area contributed by atoms with Gasteiger partial charge in [0.1, 0.15) is 17.6 Å². The fourth-order valence-corrected chi connectivity index (χ4v) is 3.95. The number of aliphatic hydroxyl groups is 1. The number of carbonyl (C=O) groups excluding carboxylic acids is 2. The van der Waals surface area contributed by atoms with Crippen LogP contribution >= 0.6 is 0 Å². The van der Waals surface area contributed by atoms with Crippen LogP contribution in [0.5, 0.6) is 11.5 Å². The van der Waals surface area contributed by atoms with E-state index in [1.165, 1.54) is 0 Å². The third kappa shape index (κ3) is 6.16. The molecule has 0 fully saturated rings. The molecule has 2 aromatic carbocycles. The number of methoxy groups -OCH3 is 1. The van der Waals surface area contributed by atoms with Crippen LogP contribution in [0, 0.1) is 5.92 Å². The monoisotopic (exact) mass is 484 g/mol. The lowest BCUT2D eigenvalue weighted by Gasteiger charge is -2.38. The first-order valence-corrected chi connectivity index (χ1v) is 11.7. The lowest BCUT2D eigenvalue weighted by atomic mass is 9.99. The summed E-state index contributed by atoms with van der Waals surface area (Å²) in [6.45, 7) is 4.38. The van der Waals surface area contributed by atoms with Crippen molar-refractivity contribution in [2.45, 2.75) is 26.0 Å². The van der Waals surface area contributed by atoms with Crippen LogP contribution < -0.4 is 19.7 Å². The molecule has 3 atom stereocenters. The average Bonchev–Trinajstić information content (AvgIpc) is 2.85. The van der Waals surface area contributed by atoms with Gasteiger partial charge in [0, 0.05) is 45.0 Å². The number of hydrogen-bond donors (Lipinski definition) is 2. The van der Waals surface area contributed by atoms with Gasteiger partial charge in [0.25, 0.3) is 5.91 Å². The lowest BCUT2D eigenvalue weighted by Crippen LogP contribution is -2.50. The number of nitrogens with one attached hydrogen (secondary N) is 1. The number of benzene rings is 2. The van der Waals surface area contributed by atoms with E-state index in [-0.39, 0.29) is 36.6 Å². The summed E-state index contributed by atoms with van der Waals surface area (Å²) in [5, 5.41) is 12.7. The van der Waals surface area contributed by atoms with E-state index in [0.29, 0.717) is 35.8 Å². The van der Waals surface area contributed by atoms with Crippen LogP contribution in [0.3, 0.4) is 0 Å². The molecular weight excluding hydrogens is 448 g/mol. The molecule has 0 radical (unpaired) electrons. The van der Waals surface area contributed by atoms with E-state index >= 15 is 0 Å². The van der Waals surface area contributed by atoms with Gasteiger partial charge in [-0.25, -0.2) is 4.79 Å². The minimum Gasteiger partial charge on any atom is -0.497 e. The van der Waals surface area contributed by atoms with Crippen molar-refractivity contribution in [2.24, 2.45) is 5.92 Å². The molecule has 9 heteroatoms. The first-order chi connectivity index (χ1) is 16.6. The Labute approximate surface area is 207 Å². The van der Waals surface area contributed by atoms with Gasteiger partial charge in [-0.2, -0.15) is 0 Å². The van der Waals surface area contributed by atoms with Crippen molar-refractivity contribution < 1.29 is 24.2 Å². The highest BCUT2D eigenvalue weighted by atomic mass is 16.5. The maximum atomic E-state index is 13.4. The number of likely N-dealkylation sites (N-methyl/N-ethyl adjacent to an activating group) is 1. The Balaban J connectivity index is 1.83. The number of amides is 3. The lowest BCUT2D eigenvalue weighted by molar-refractivity contribution is 0.0371. The zero-order valence-corrected chi connectivity index (χ0v) is 21.3. The molecule has 0 bridgehead atoms. The number of nitrogens with zero attached hydrogens (tertiary/aromatic N) is 3. The minimum atomic E-state index is -0.368. The van der Waals surface area contributed by atoms with Gasteiger partial charge < -0.3 is 34.6 Å².